The minimum absolute atomic E-state index is 0.293. The molecule has 0 heterocycles. The third-order valence-electron chi connectivity index (χ3n) is 3.01. The Bertz CT molecular complexity index is 391. The van der Waals surface area contributed by atoms with Crippen LogP contribution in [0, 0.1) is 17.2 Å². The molecule has 1 rings (SSSR count). The lowest BCUT2D eigenvalue weighted by atomic mass is 10.1. The van der Waals surface area contributed by atoms with Gasteiger partial charge in [0.05, 0.1) is 18.2 Å². The van der Waals surface area contributed by atoms with Crippen LogP contribution in [0.1, 0.15) is 32.1 Å². The third kappa shape index (κ3) is 4.19. The Labute approximate surface area is 98.5 Å². The average Bonchev–Trinajstić information content (AvgIpc) is 2.68. The molecule has 0 radical (unpaired) electrons. The van der Waals surface area contributed by atoms with Crippen molar-refractivity contribution in [3.63, 3.8) is 0 Å². The monoisotopic (exact) mass is 269 g/mol. The van der Waals surface area contributed by atoms with Crippen LogP contribution < -0.4 is 0 Å². The molecule has 1 fully saturated rings. The molecule has 0 aliphatic heterocycles. The van der Waals surface area contributed by atoms with Gasteiger partial charge in [-0.25, -0.2) is 8.42 Å². The van der Waals surface area contributed by atoms with Gasteiger partial charge in [0.2, 0.25) is 0 Å². The lowest BCUT2D eigenvalue weighted by Gasteiger charge is -2.17. The molecule has 1 saturated carbocycles. The number of hydrogen-bond acceptors (Lipinski definition) is 3. The molecule has 0 aromatic heterocycles. The highest BCUT2D eigenvalue weighted by molar-refractivity contribution is 7.92. The number of nitrogens with zero attached hydrogens (tertiary/aromatic N) is 1. The average molecular weight is 269 g/mol. The molecule has 0 N–H and O–H groups in total. The van der Waals surface area contributed by atoms with E-state index in [1.165, 1.54) is 0 Å². The molecule has 0 aromatic rings. The van der Waals surface area contributed by atoms with Crippen LogP contribution in [0.5, 0.6) is 0 Å². The van der Waals surface area contributed by atoms with Crippen LogP contribution in [0.15, 0.2) is 0 Å². The molecule has 17 heavy (non-hydrogen) atoms. The summed E-state index contributed by atoms with van der Waals surface area (Å²) >= 11 is 0. The van der Waals surface area contributed by atoms with E-state index >= 15 is 0 Å². The second-order valence-electron chi connectivity index (χ2n) is 4.33. The molecular formula is C10H14F3NO2S. The van der Waals surface area contributed by atoms with Crippen molar-refractivity contribution in [3.8, 4) is 6.07 Å². The number of nitriles is 1. The molecule has 98 valence electrons. The standard InChI is InChI=1S/C10H14F3NO2S/c11-10(12,13)5-6-17(15,16)9(7-14)8-3-1-2-4-8/h8-9H,1-6H2. The fraction of sp³-hybridized carbons (Fsp3) is 0.900. The number of alkyl halides is 3. The second kappa shape index (κ2) is 5.25. The zero-order valence-electron chi connectivity index (χ0n) is 9.20. The molecular weight excluding hydrogens is 255 g/mol. The maximum atomic E-state index is 12.0. The highest BCUT2D eigenvalue weighted by Crippen LogP contribution is 2.32. The largest absolute Gasteiger partial charge is 0.390 e. The van der Waals surface area contributed by atoms with Crippen molar-refractivity contribution in [2.24, 2.45) is 5.92 Å². The SMILES string of the molecule is N#CC(C1CCCC1)S(=O)(=O)CCC(F)(F)F. The Kier molecular flexibility index (Phi) is 4.42. The Morgan fingerprint density at radius 1 is 1.29 bits per heavy atom. The lowest BCUT2D eigenvalue weighted by Crippen LogP contribution is -2.31. The lowest BCUT2D eigenvalue weighted by molar-refractivity contribution is -0.129. The second-order valence-corrected chi connectivity index (χ2v) is 6.57. The van der Waals surface area contributed by atoms with Crippen LogP contribution >= 0.6 is 0 Å². The maximum Gasteiger partial charge on any atom is 0.390 e. The van der Waals surface area contributed by atoms with E-state index < -0.39 is 33.4 Å². The third-order valence-corrected chi connectivity index (χ3v) is 5.05. The van der Waals surface area contributed by atoms with Crippen molar-refractivity contribution >= 4 is 9.84 Å². The van der Waals surface area contributed by atoms with Crippen LogP contribution in [0.2, 0.25) is 0 Å². The van der Waals surface area contributed by atoms with Crippen LogP contribution in [0.4, 0.5) is 13.2 Å². The molecule has 1 aliphatic rings. The Hall–Kier alpha value is -0.770. The minimum atomic E-state index is -4.50. The van der Waals surface area contributed by atoms with Crippen molar-refractivity contribution in [2.75, 3.05) is 5.75 Å². The van der Waals surface area contributed by atoms with Gasteiger partial charge in [0.15, 0.2) is 15.1 Å². The molecule has 3 nitrogen and oxygen atoms in total. The van der Waals surface area contributed by atoms with E-state index in [9.17, 15) is 21.6 Å². The minimum Gasteiger partial charge on any atom is -0.227 e. The predicted molar refractivity (Wildman–Crippen MR) is 55.8 cm³/mol. The Morgan fingerprint density at radius 3 is 2.24 bits per heavy atom. The summed E-state index contributed by atoms with van der Waals surface area (Å²) in [6, 6.07) is 1.67. The van der Waals surface area contributed by atoms with Gasteiger partial charge in [0, 0.05) is 0 Å². The normalized spacial score (nSPS) is 20.1. The summed E-state index contributed by atoms with van der Waals surface area (Å²) in [4.78, 5) is 0. The van der Waals surface area contributed by atoms with Gasteiger partial charge in [-0.3, -0.25) is 0 Å². The van der Waals surface area contributed by atoms with Crippen LogP contribution in [0.25, 0.3) is 0 Å². The molecule has 1 atom stereocenters. The summed E-state index contributed by atoms with van der Waals surface area (Å²) in [6.07, 6.45) is -2.95. The van der Waals surface area contributed by atoms with Crippen molar-refractivity contribution in [2.45, 2.75) is 43.5 Å². The van der Waals surface area contributed by atoms with Crippen molar-refractivity contribution < 1.29 is 21.6 Å². The predicted octanol–water partition coefficient (Wildman–Crippen LogP) is 2.44. The van der Waals surface area contributed by atoms with Gasteiger partial charge in [-0.05, 0) is 18.8 Å². The molecule has 0 aromatic carbocycles. The van der Waals surface area contributed by atoms with E-state index in [0.29, 0.717) is 12.8 Å². The van der Waals surface area contributed by atoms with Gasteiger partial charge in [0.1, 0.15) is 0 Å². The smallest absolute Gasteiger partial charge is 0.227 e. The molecule has 0 spiro atoms. The highest BCUT2D eigenvalue weighted by Gasteiger charge is 2.38. The van der Waals surface area contributed by atoms with E-state index in [1.54, 1.807) is 6.07 Å². The first kappa shape index (κ1) is 14.3. The topological polar surface area (TPSA) is 57.9 Å². The van der Waals surface area contributed by atoms with E-state index in [-0.39, 0.29) is 5.92 Å². The van der Waals surface area contributed by atoms with E-state index in [4.69, 9.17) is 5.26 Å². The number of sulfone groups is 1. The van der Waals surface area contributed by atoms with Crippen molar-refractivity contribution in [1.29, 1.82) is 5.26 Å². The first-order chi connectivity index (χ1) is 7.76. The van der Waals surface area contributed by atoms with E-state index in [2.05, 4.69) is 0 Å². The number of rotatable bonds is 4. The van der Waals surface area contributed by atoms with Gasteiger partial charge < -0.3 is 0 Å². The molecule has 0 amide bonds. The summed E-state index contributed by atoms with van der Waals surface area (Å²) < 4.78 is 59.3. The summed E-state index contributed by atoms with van der Waals surface area (Å²) in [5.41, 5.74) is 0. The summed E-state index contributed by atoms with van der Waals surface area (Å²) in [5.74, 6) is -1.27. The zero-order chi connectivity index (χ0) is 13.1. The molecule has 1 unspecified atom stereocenters. The summed E-state index contributed by atoms with van der Waals surface area (Å²) in [5, 5.41) is 7.57. The van der Waals surface area contributed by atoms with Crippen molar-refractivity contribution in [1.82, 2.24) is 0 Å². The van der Waals surface area contributed by atoms with Gasteiger partial charge in [-0.1, -0.05) is 12.8 Å². The van der Waals surface area contributed by atoms with Crippen molar-refractivity contribution in [3.05, 3.63) is 0 Å². The van der Waals surface area contributed by atoms with Crippen LogP contribution in [-0.4, -0.2) is 25.6 Å². The van der Waals surface area contributed by atoms with E-state index in [0.717, 1.165) is 12.8 Å². The fourth-order valence-electron chi connectivity index (χ4n) is 2.12. The van der Waals surface area contributed by atoms with E-state index in [1.807, 2.05) is 0 Å². The molecule has 0 bridgehead atoms. The highest BCUT2D eigenvalue weighted by atomic mass is 32.2. The Morgan fingerprint density at radius 2 is 1.82 bits per heavy atom. The van der Waals surface area contributed by atoms with Gasteiger partial charge in [0.25, 0.3) is 0 Å². The van der Waals surface area contributed by atoms with Gasteiger partial charge >= 0.3 is 6.18 Å². The molecule has 7 heteroatoms. The number of hydrogen-bond donors (Lipinski definition) is 0. The Balaban J connectivity index is 2.70. The number of halogens is 3. The molecule has 1 aliphatic carbocycles. The first-order valence-corrected chi connectivity index (χ1v) is 7.16. The fourth-order valence-corrected chi connectivity index (χ4v) is 3.91. The maximum absolute atomic E-state index is 12.0. The summed E-state index contributed by atoms with van der Waals surface area (Å²) in [7, 11) is -3.97. The van der Waals surface area contributed by atoms with Gasteiger partial charge in [-0.2, -0.15) is 18.4 Å². The molecule has 0 saturated heterocycles. The zero-order valence-corrected chi connectivity index (χ0v) is 10.0. The van der Waals surface area contributed by atoms with Gasteiger partial charge in [-0.15, -0.1) is 0 Å². The quantitative estimate of drug-likeness (QED) is 0.787. The summed E-state index contributed by atoms with van der Waals surface area (Å²) in [6.45, 7) is 0. The van der Waals surface area contributed by atoms with Crippen LogP contribution in [0.3, 0.4) is 0 Å². The van der Waals surface area contributed by atoms with Crippen LogP contribution in [-0.2, 0) is 9.84 Å². The first-order valence-electron chi connectivity index (χ1n) is 5.44.